The van der Waals surface area contributed by atoms with E-state index in [2.05, 4.69) is 4.98 Å². The van der Waals surface area contributed by atoms with E-state index in [0.29, 0.717) is 28.7 Å². The van der Waals surface area contributed by atoms with E-state index in [4.69, 9.17) is 5.73 Å². The van der Waals surface area contributed by atoms with Crippen LogP contribution in [0.5, 0.6) is 0 Å². The molecule has 2 aromatic rings. The second kappa shape index (κ2) is 7.73. The number of amides is 3. The van der Waals surface area contributed by atoms with Crippen LogP contribution in [0.4, 0.5) is 41.2 Å². The number of anilines is 1. The highest BCUT2D eigenvalue weighted by Gasteiger charge is 2.73. The molecule has 0 aliphatic carbocycles. The van der Waals surface area contributed by atoms with Crippen LogP contribution in [-0.4, -0.2) is 33.9 Å². The number of urea groups is 1. The van der Waals surface area contributed by atoms with Crippen molar-refractivity contribution in [3.8, 4) is 0 Å². The molecule has 1 atom stereocenters. The van der Waals surface area contributed by atoms with Gasteiger partial charge in [0, 0.05) is 30.4 Å². The summed E-state index contributed by atoms with van der Waals surface area (Å²) < 4.78 is 93.2. The Bertz CT molecular complexity index is 1040. The summed E-state index contributed by atoms with van der Waals surface area (Å²) in [7, 11) is 0. The van der Waals surface area contributed by atoms with Gasteiger partial charge in [-0.25, -0.2) is 9.69 Å². The fraction of sp³-hybridized carbons (Fsp3) is 0.316. The lowest BCUT2D eigenvalue weighted by molar-refractivity contribution is -0.359. The smallest absolute Gasteiger partial charge is 0.307 e. The number of fused-ring (bicyclic) bond motifs is 1. The number of nitrogens with zero attached hydrogens (tertiary/aromatic N) is 3. The van der Waals surface area contributed by atoms with Crippen molar-refractivity contribution in [3.05, 3.63) is 59.4 Å². The number of pyridine rings is 1. The van der Waals surface area contributed by atoms with Crippen molar-refractivity contribution in [2.75, 3.05) is 4.90 Å². The first-order valence-electron chi connectivity index (χ1n) is 8.92. The molecular formula is C19H15F7N4O2. The Morgan fingerprint density at radius 1 is 1.12 bits per heavy atom. The second-order valence-corrected chi connectivity index (χ2v) is 6.99. The van der Waals surface area contributed by atoms with Crippen LogP contribution in [0, 0.1) is 0 Å². The minimum Gasteiger partial charge on any atom is -0.307 e. The van der Waals surface area contributed by atoms with Crippen LogP contribution >= 0.6 is 0 Å². The molecule has 1 aromatic heterocycles. The maximum absolute atomic E-state index is 14.2. The maximum atomic E-state index is 14.2. The number of imide groups is 1. The zero-order chi connectivity index (χ0) is 24.1. The number of benzene rings is 1. The summed E-state index contributed by atoms with van der Waals surface area (Å²) in [5.74, 6) is -12.9. The van der Waals surface area contributed by atoms with Crippen molar-refractivity contribution in [2.24, 2.45) is 5.73 Å². The Morgan fingerprint density at radius 3 is 2.31 bits per heavy atom. The Hall–Kier alpha value is -3.22. The Morgan fingerprint density at radius 2 is 1.78 bits per heavy atom. The van der Waals surface area contributed by atoms with E-state index in [1.807, 2.05) is 0 Å². The van der Waals surface area contributed by atoms with Crippen molar-refractivity contribution >= 4 is 17.6 Å². The molecule has 32 heavy (non-hydrogen) atoms. The van der Waals surface area contributed by atoms with Crippen molar-refractivity contribution < 1.29 is 40.3 Å². The number of alkyl halides is 7. The molecule has 0 radical (unpaired) electrons. The summed E-state index contributed by atoms with van der Waals surface area (Å²) in [5.41, 5.74) is 4.05. The van der Waals surface area contributed by atoms with Crippen LogP contribution in [-0.2, 0) is 17.3 Å². The molecule has 1 aliphatic rings. The van der Waals surface area contributed by atoms with Crippen LogP contribution < -0.4 is 10.6 Å². The first-order chi connectivity index (χ1) is 14.7. The summed E-state index contributed by atoms with van der Waals surface area (Å²) in [6, 6.07) is 3.48. The Balaban J connectivity index is 2.12. The predicted octanol–water partition coefficient (Wildman–Crippen LogP) is 4.32. The van der Waals surface area contributed by atoms with Crippen molar-refractivity contribution in [1.29, 1.82) is 0 Å². The molecule has 0 fully saturated rings. The quantitative estimate of drug-likeness (QED) is 0.684. The van der Waals surface area contributed by atoms with Gasteiger partial charge in [-0.3, -0.25) is 14.7 Å². The number of rotatable bonds is 4. The van der Waals surface area contributed by atoms with Gasteiger partial charge in [0.25, 0.3) is 0 Å². The molecule has 13 heteroatoms. The molecule has 0 bridgehead atoms. The lowest BCUT2D eigenvalue weighted by atomic mass is 9.95. The molecule has 3 amide bonds. The van der Waals surface area contributed by atoms with Crippen molar-refractivity contribution in [3.63, 3.8) is 0 Å². The van der Waals surface area contributed by atoms with Gasteiger partial charge in [-0.2, -0.15) is 30.7 Å². The first kappa shape index (κ1) is 23.4. The van der Waals surface area contributed by atoms with E-state index in [1.54, 1.807) is 6.07 Å². The number of hydrogen-bond acceptors (Lipinski definition) is 4. The molecule has 2 heterocycles. The third-order valence-corrected chi connectivity index (χ3v) is 4.86. The van der Waals surface area contributed by atoms with Crippen LogP contribution in [0.2, 0.25) is 0 Å². The first-order valence-corrected chi connectivity index (χ1v) is 8.92. The lowest BCUT2D eigenvalue weighted by Crippen LogP contribution is -2.53. The fourth-order valence-electron chi connectivity index (χ4n) is 3.23. The molecule has 3 rings (SSSR count). The number of hydrogen-bond donors (Lipinski definition) is 1. The average Bonchev–Trinajstić information content (AvgIpc) is 2.70. The van der Waals surface area contributed by atoms with E-state index >= 15 is 0 Å². The highest BCUT2D eigenvalue weighted by molar-refractivity contribution is 6.15. The van der Waals surface area contributed by atoms with Gasteiger partial charge in [0.1, 0.15) is 6.17 Å². The Labute approximate surface area is 176 Å². The summed E-state index contributed by atoms with van der Waals surface area (Å²) in [5, 5.41) is 0. The topological polar surface area (TPSA) is 79.5 Å². The largest absolute Gasteiger partial charge is 0.460 e. The molecule has 1 aromatic carbocycles. The molecule has 2 N–H and O–H groups in total. The molecule has 0 spiro atoms. The van der Waals surface area contributed by atoms with E-state index in [1.165, 1.54) is 18.5 Å². The predicted molar refractivity (Wildman–Crippen MR) is 96.6 cm³/mol. The van der Waals surface area contributed by atoms with Gasteiger partial charge in [0.05, 0.1) is 12.2 Å². The average molecular weight is 464 g/mol. The van der Waals surface area contributed by atoms with Crippen LogP contribution in [0.25, 0.3) is 0 Å². The van der Waals surface area contributed by atoms with Gasteiger partial charge in [0.2, 0.25) is 5.91 Å². The third-order valence-electron chi connectivity index (χ3n) is 4.86. The summed E-state index contributed by atoms with van der Waals surface area (Å²) in [6.07, 6.45) is -5.25. The summed E-state index contributed by atoms with van der Waals surface area (Å²) in [4.78, 5) is 30.2. The molecule has 6 nitrogen and oxygen atoms in total. The van der Waals surface area contributed by atoms with Crippen LogP contribution in [0.1, 0.15) is 29.8 Å². The third kappa shape index (κ3) is 3.66. The van der Waals surface area contributed by atoms with E-state index in [0.717, 1.165) is 11.8 Å². The molecule has 1 aliphatic heterocycles. The highest BCUT2D eigenvalue weighted by atomic mass is 19.4. The Kier molecular flexibility index (Phi) is 5.66. The fourth-order valence-corrected chi connectivity index (χ4v) is 3.23. The van der Waals surface area contributed by atoms with Gasteiger partial charge in [0.15, 0.2) is 0 Å². The van der Waals surface area contributed by atoms with Gasteiger partial charge >= 0.3 is 24.1 Å². The van der Waals surface area contributed by atoms with E-state index in [9.17, 15) is 40.3 Å². The minimum absolute atomic E-state index is 0.240. The summed E-state index contributed by atoms with van der Waals surface area (Å²) in [6.45, 7) is 0.748. The second-order valence-electron chi connectivity index (χ2n) is 6.99. The van der Waals surface area contributed by atoms with Crippen molar-refractivity contribution in [2.45, 2.75) is 37.7 Å². The van der Waals surface area contributed by atoms with Gasteiger partial charge < -0.3 is 5.73 Å². The molecule has 172 valence electrons. The number of halogens is 7. The molecule has 0 saturated heterocycles. The van der Waals surface area contributed by atoms with E-state index in [-0.39, 0.29) is 12.2 Å². The monoisotopic (exact) mass is 464 g/mol. The molecule has 0 saturated carbocycles. The number of nitrogens with two attached hydrogens (primary N) is 1. The van der Waals surface area contributed by atoms with Gasteiger partial charge in [-0.1, -0.05) is 12.1 Å². The normalized spacial score (nSPS) is 17.4. The summed E-state index contributed by atoms with van der Waals surface area (Å²) >= 11 is 0. The zero-order valence-electron chi connectivity index (χ0n) is 16.2. The van der Waals surface area contributed by atoms with Crippen LogP contribution in [0.15, 0.2) is 42.7 Å². The molecule has 1 unspecified atom stereocenters. The minimum atomic E-state index is -6.53. The number of carbonyl (C=O) groups is 2. The SMILES string of the molecule is CC(=O)N1C(=O)N(Cc2cccnc2)C(N)c2cc(C(F)(F)C(F)(F)C(F)(F)F)ccc21. The van der Waals surface area contributed by atoms with Gasteiger partial charge in [-0.15, -0.1) is 0 Å². The maximum Gasteiger partial charge on any atom is 0.460 e. The molecular weight excluding hydrogens is 449 g/mol. The standard InChI is InChI=1S/C19H15F7N4O2/c1-10(31)30-14-5-4-12(17(20,21)18(22,23)19(24,25)26)7-13(14)15(27)29(16(30)32)9-11-3-2-6-28-8-11/h2-8,15H,9,27H2,1H3. The number of aromatic nitrogens is 1. The zero-order valence-corrected chi connectivity index (χ0v) is 16.2. The number of carbonyl (C=O) groups excluding carboxylic acids is 2. The van der Waals surface area contributed by atoms with Crippen LogP contribution in [0.3, 0.4) is 0 Å². The van der Waals surface area contributed by atoms with Crippen molar-refractivity contribution in [1.82, 2.24) is 9.88 Å². The van der Waals surface area contributed by atoms with E-state index < -0.39 is 47.3 Å². The van der Waals surface area contributed by atoms with Gasteiger partial charge in [-0.05, 0) is 23.8 Å². The lowest BCUT2D eigenvalue weighted by Gasteiger charge is -2.40. The highest BCUT2D eigenvalue weighted by Crippen LogP contribution is 2.52.